The smallest absolute Gasteiger partial charge is 0.417 e. The summed E-state index contributed by atoms with van der Waals surface area (Å²) in [6.07, 6.45) is -4.63. The second kappa shape index (κ2) is 4.91. The molecular weight excluding hydrogens is 257 g/mol. The predicted octanol–water partition coefficient (Wildman–Crippen LogP) is 3.57. The first-order valence-electron chi connectivity index (χ1n) is 5.57. The van der Waals surface area contributed by atoms with Crippen LogP contribution in [0.15, 0.2) is 36.4 Å². The molecule has 0 aliphatic heterocycles. The van der Waals surface area contributed by atoms with Crippen molar-refractivity contribution >= 4 is 16.7 Å². The first-order valence-corrected chi connectivity index (χ1v) is 5.57. The van der Waals surface area contributed by atoms with Crippen molar-refractivity contribution in [1.29, 1.82) is 0 Å². The molecule has 0 saturated carbocycles. The molecular formula is C14H11F3O2. The van der Waals surface area contributed by atoms with Gasteiger partial charge < -0.3 is 4.74 Å². The second-order valence-corrected chi connectivity index (χ2v) is 4.12. The van der Waals surface area contributed by atoms with Crippen molar-refractivity contribution in [2.45, 2.75) is 12.6 Å². The second-order valence-electron chi connectivity index (χ2n) is 4.12. The van der Waals surface area contributed by atoms with E-state index in [1.807, 2.05) is 0 Å². The zero-order chi connectivity index (χ0) is 14.0. The number of halogens is 3. The molecule has 0 aliphatic carbocycles. The number of carbonyl (C=O) groups excluding carboxylic acids is 1. The maximum atomic E-state index is 13.0. The molecule has 0 fully saturated rings. The van der Waals surface area contributed by atoms with Crippen molar-refractivity contribution in [3.05, 3.63) is 47.5 Å². The van der Waals surface area contributed by atoms with E-state index in [2.05, 4.69) is 4.74 Å². The number of fused-ring (bicyclic) bond motifs is 1. The lowest BCUT2D eigenvalue weighted by molar-refractivity contribution is -0.140. The number of benzene rings is 2. The predicted molar refractivity (Wildman–Crippen MR) is 64.7 cm³/mol. The Morgan fingerprint density at radius 3 is 2.53 bits per heavy atom. The Morgan fingerprint density at radius 1 is 1.21 bits per heavy atom. The molecule has 0 N–H and O–H groups in total. The summed E-state index contributed by atoms with van der Waals surface area (Å²) in [6, 6.07) is 8.79. The number of alkyl halides is 3. The fourth-order valence-electron chi connectivity index (χ4n) is 1.95. The van der Waals surface area contributed by atoms with Gasteiger partial charge in [-0.2, -0.15) is 13.2 Å². The zero-order valence-electron chi connectivity index (χ0n) is 10.1. The molecule has 0 atom stereocenters. The van der Waals surface area contributed by atoms with E-state index in [4.69, 9.17) is 0 Å². The van der Waals surface area contributed by atoms with Crippen LogP contribution < -0.4 is 0 Å². The molecule has 19 heavy (non-hydrogen) atoms. The van der Waals surface area contributed by atoms with Crippen molar-refractivity contribution in [3.8, 4) is 0 Å². The highest BCUT2D eigenvalue weighted by Crippen LogP contribution is 2.35. The van der Waals surface area contributed by atoms with Crippen LogP contribution in [0.25, 0.3) is 10.8 Å². The Bertz CT molecular complexity index is 618. The Balaban J connectivity index is 2.60. The Kier molecular flexibility index (Phi) is 3.46. The van der Waals surface area contributed by atoms with Gasteiger partial charge in [-0.15, -0.1) is 0 Å². The number of esters is 1. The molecule has 2 rings (SSSR count). The molecule has 0 radical (unpaired) electrons. The standard InChI is InChI=1S/C14H11F3O2/c1-19-13(18)8-9-6-10-4-2-3-5-11(10)12(7-9)14(15,16)17/h2-7H,8H2,1H3. The van der Waals surface area contributed by atoms with Crippen LogP contribution in [-0.4, -0.2) is 13.1 Å². The highest BCUT2D eigenvalue weighted by Gasteiger charge is 2.33. The van der Waals surface area contributed by atoms with E-state index in [-0.39, 0.29) is 17.4 Å². The minimum absolute atomic E-state index is 0.128. The van der Waals surface area contributed by atoms with Gasteiger partial charge in [0.2, 0.25) is 0 Å². The summed E-state index contributed by atoms with van der Waals surface area (Å²) in [5, 5.41) is 0.583. The average molecular weight is 268 g/mol. The molecule has 0 heterocycles. The monoisotopic (exact) mass is 268 g/mol. The van der Waals surface area contributed by atoms with E-state index in [1.165, 1.54) is 13.2 Å². The Hall–Kier alpha value is -2.04. The Labute approximate surface area is 107 Å². The first-order chi connectivity index (χ1) is 8.91. The number of ether oxygens (including phenoxy) is 1. The SMILES string of the molecule is COC(=O)Cc1cc(C(F)(F)F)c2ccccc2c1. The zero-order valence-corrected chi connectivity index (χ0v) is 10.1. The molecule has 0 bridgehead atoms. The van der Waals surface area contributed by atoms with E-state index in [0.717, 1.165) is 6.07 Å². The number of methoxy groups -OCH3 is 1. The van der Waals surface area contributed by atoms with Crippen LogP contribution >= 0.6 is 0 Å². The summed E-state index contributed by atoms with van der Waals surface area (Å²) >= 11 is 0. The van der Waals surface area contributed by atoms with Gasteiger partial charge in [-0.25, -0.2) is 0 Å². The quantitative estimate of drug-likeness (QED) is 0.778. The van der Waals surface area contributed by atoms with E-state index in [0.29, 0.717) is 5.39 Å². The third-order valence-electron chi connectivity index (χ3n) is 2.80. The van der Waals surface area contributed by atoms with Crippen molar-refractivity contribution in [1.82, 2.24) is 0 Å². The maximum absolute atomic E-state index is 13.0. The fourth-order valence-corrected chi connectivity index (χ4v) is 1.95. The summed E-state index contributed by atoms with van der Waals surface area (Å²) in [5.41, 5.74) is -0.442. The normalized spacial score (nSPS) is 11.6. The third-order valence-corrected chi connectivity index (χ3v) is 2.80. The van der Waals surface area contributed by atoms with E-state index >= 15 is 0 Å². The topological polar surface area (TPSA) is 26.3 Å². The van der Waals surface area contributed by atoms with Crippen LogP contribution in [0, 0.1) is 0 Å². The lowest BCUT2D eigenvalue weighted by Crippen LogP contribution is -2.09. The molecule has 5 heteroatoms. The summed E-state index contributed by atoms with van der Waals surface area (Å²) in [4.78, 5) is 11.2. The lowest BCUT2D eigenvalue weighted by Gasteiger charge is -2.12. The van der Waals surface area contributed by atoms with Gasteiger partial charge in [0.15, 0.2) is 0 Å². The molecule has 0 aliphatic rings. The first kappa shape index (κ1) is 13.4. The molecule has 0 spiro atoms. The van der Waals surface area contributed by atoms with Crippen LogP contribution in [0.5, 0.6) is 0 Å². The van der Waals surface area contributed by atoms with Crippen LogP contribution in [0.1, 0.15) is 11.1 Å². The molecule has 0 aromatic heterocycles. The third kappa shape index (κ3) is 2.86. The lowest BCUT2D eigenvalue weighted by atomic mass is 9.99. The highest BCUT2D eigenvalue weighted by molar-refractivity contribution is 5.88. The van der Waals surface area contributed by atoms with Crippen LogP contribution in [0.3, 0.4) is 0 Å². The number of carbonyl (C=O) groups is 1. The number of hydrogen-bond acceptors (Lipinski definition) is 2. The van der Waals surface area contributed by atoms with Crippen molar-refractivity contribution in [3.63, 3.8) is 0 Å². The van der Waals surface area contributed by atoms with Gasteiger partial charge in [-0.3, -0.25) is 4.79 Å². The van der Waals surface area contributed by atoms with Gasteiger partial charge in [-0.1, -0.05) is 30.3 Å². The van der Waals surface area contributed by atoms with Crippen molar-refractivity contribution in [2.75, 3.05) is 7.11 Å². The molecule has 0 amide bonds. The molecule has 100 valence electrons. The average Bonchev–Trinajstić information content (AvgIpc) is 2.36. The molecule has 2 aromatic carbocycles. The summed E-state index contributed by atoms with van der Waals surface area (Å²) in [5.74, 6) is -0.566. The summed E-state index contributed by atoms with van der Waals surface area (Å²) in [6.45, 7) is 0. The van der Waals surface area contributed by atoms with Gasteiger partial charge in [0.25, 0.3) is 0 Å². The van der Waals surface area contributed by atoms with Gasteiger partial charge in [0.05, 0.1) is 19.1 Å². The molecule has 0 saturated heterocycles. The largest absolute Gasteiger partial charge is 0.469 e. The maximum Gasteiger partial charge on any atom is 0.417 e. The van der Waals surface area contributed by atoms with Crippen LogP contribution in [0.2, 0.25) is 0 Å². The minimum Gasteiger partial charge on any atom is -0.469 e. The fraction of sp³-hybridized carbons (Fsp3) is 0.214. The summed E-state index contributed by atoms with van der Waals surface area (Å²) < 4.78 is 43.5. The number of hydrogen-bond donors (Lipinski definition) is 0. The van der Waals surface area contributed by atoms with Crippen molar-refractivity contribution < 1.29 is 22.7 Å². The van der Waals surface area contributed by atoms with Crippen LogP contribution in [-0.2, 0) is 22.1 Å². The van der Waals surface area contributed by atoms with Gasteiger partial charge in [-0.05, 0) is 22.4 Å². The summed E-state index contributed by atoms with van der Waals surface area (Å²) in [7, 11) is 1.20. The van der Waals surface area contributed by atoms with Crippen LogP contribution in [0.4, 0.5) is 13.2 Å². The molecule has 2 nitrogen and oxygen atoms in total. The van der Waals surface area contributed by atoms with E-state index < -0.39 is 17.7 Å². The Morgan fingerprint density at radius 2 is 1.89 bits per heavy atom. The van der Waals surface area contributed by atoms with Gasteiger partial charge in [0.1, 0.15) is 0 Å². The number of rotatable bonds is 2. The van der Waals surface area contributed by atoms with E-state index in [9.17, 15) is 18.0 Å². The molecule has 2 aromatic rings. The van der Waals surface area contributed by atoms with Gasteiger partial charge in [0, 0.05) is 0 Å². The molecule has 0 unspecified atom stereocenters. The van der Waals surface area contributed by atoms with Gasteiger partial charge >= 0.3 is 12.1 Å². The van der Waals surface area contributed by atoms with Crippen molar-refractivity contribution in [2.24, 2.45) is 0 Å². The minimum atomic E-state index is -4.45. The van der Waals surface area contributed by atoms with E-state index in [1.54, 1.807) is 24.3 Å². The highest BCUT2D eigenvalue weighted by atomic mass is 19.4.